The molecule has 1 atom stereocenters. The molecule has 2 N–H and O–H groups in total. The summed E-state index contributed by atoms with van der Waals surface area (Å²) in [6.07, 6.45) is 0.883. The van der Waals surface area contributed by atoms with Gasteiger partial charge in [-0.05, 0) is 44.4 Å². The number of hydrogen-bond acceptors (Lipinski definition) is 4. The number of nitrogens with two attached hydrogens (primary N) is 1. The van der Waals surface area contributed by atoms with E-state index in [-0.39, 0.29) is 25.0 Å². The van der Waals surface area contributed by atoms with Gasteiger partial charge in [0.2, 0.25) is 0 Å². The molecule has 2 aliphatic rings. The van der Waals surface area contributed by atoms with E-state index in [9.17, 15) is 4.79 Å². The standard InChI is InChI=1S/C19H27FN2O3/c1-18(2,3)25-17(23)22-8-6-19(20,7-9-22)14-5-4-13-10-15(21)12-24-16(13)11-14/h4-5,11,15H,6-10,12,21H2,1-3H3/t15-/m1/s1. The summed E-state index contributed by atoms with van der Waals surface area (Å²) in [6.45, 7) is 6.62. The normalized spacial score (nSPS) is 22.8. The Morgan fingerprint density at radius 3 is 2.68 bits per heavy atom. The molecule has 0 radical (unpaired) electrons. The largest absolute Gasteiger partial charge is 0.492 e. The highest BCUT2D eigenvalue weighted by Gasteiger charge is 2.39. The lowest BCUT2D eigenvalue weighted by molar-refractivity contribution is 0.00213. The van der Waals surface area contributed by atoms with Crippen LogP contribution in [0.5, 0.6) is 5.75 Å². The molecule has 138 valence electrons. The molecule has 3 rings (SSSR count). The Labute approximate surface area is 148 Å². The van der Waals surface area contributed by atoms with Gasteiger partial charge in [0.15, 0.2) is 0 Å². The van der Waals surface area contributed by atoms with E-state index in [0.717, 1.165) is 17.7 Å². The Balaban J connectivity index is 1.67. The number of rotatable bonds is 1. The number of halogens is 1. The number of likely N-dealkylation sites (tertiary alicyclic amines) is 1. The van der Waals surface area contributed by atoms with Gasteiger partial charge in [-0.3, -0.25) is 0 Å². The second-order valence-corrected chi connectivity index (χ2v) is 8.03. The molecule has 2 heterocycles. The van der Waals surface area contributed by atoms with Crippen LogP contribution in [0.2, 0.25) is 0 Å². The molecule has 0 bridgehead atoms. The van der Waals surface area contributed by atoms with Crippen LogP contribution in [0.25, 0.3) is 0 Å². The van der Waals surface area contributed by atoms with Crippen molar-refractivity contribution in [1.82, 2.24) is 4.90 Å². The summed E-state index contributed by atoms with van der Waals surface area (Å²) in [6, 6.07) is 5.52. The van der Waals surface area contributed by atoms with Gasteiger partial charge in [0.25, 0.3) is 0 Å². The summed E-state index contributed by atoms with van der Waals surface area (Å²) in [7, 11) is 0. The minimum atomic E-state index is -1.45. The molecular weight excluding hydrogens is 323 g/mol. The first-order chi connectivity index (χ1) is 11.7. The van der Waals surface area contributed by atoms with Crippen LogP contribution in [0.15, 0.2) is 18.2 Å². The van der Waals surface area contributed by atoms with E-state index >= 15 is 4.39 Å². The van der Waals surface area contributed by atoms with Gasteiger partial charge >= 0.3 is 6.09 Å². The number of ether oxygens (including phenoxy) is 2. The zero-order valence-corrected chi connectivity index (χ0v) is 15.2. The average molecular weight is 350 g/mol. The predicted molar refractivity (Wildman–Crippen MR) is 93.4 cm³/mol. The minimum Gasteiger partial charge on any atom is -0.492 e. The smallest absolute Gasteiger partial charge is 0.410 e. The summed E-state index contributed by atoms with van der Waals surface area (Å²) in [5, 5.41) is 0. The molecular formula is C19H27FN2O3. The number of piperidine rings is 1. The highest BCUT2D eigenvalue weighted by Crippen LogP contribution is 2.40. The maximum Gasteiger partial charge on any atom is 0.410 e. The fourth-order valence-corrected chi connectivity index (χ4v) is 3.33. The summed E-state index contributed by atoms with van der Waals surface area (Å²) in [4.78, 5) is 13.7. The summed E-state index contributed by atoms with van der Waals surface area (Å²) >= 11 is 0. The average Bonchev–Trinajstić information content (AvgIpc) is 2.53. The second kappa shape index (κ2) is 6.48. The van der Waals surface area contributed by atoms with Gasteiger partial charge in [-0.1, -0.05) is 12.1 Å². The van der Waals surface area contributed by atoms with Gasteiger partial charge in [0.1, 0.15) is 23.6 Å². The van der Waals surface area contributed by atoms with E-state index in [2.05, 4.69) is 0 Å². The van der Waals surface area contributed by atoms with Crippen molar-refractivity contribution in [3.8, 4) is 5.75 Å². The van der Waals surface area contributed by atoms with Crippen LogP contribution in [0.4, 0.5) is 9.18 Å². The lowest BCUT2D eigenvalue weighted by Gasteiger charge is -2.37. The van der Waals surface area contributed by atoms with E-state index in [4.69, 9.17) is 15.2 Å². The van der Waals surface area contributed by atoms with Crippen LogP contribution in [-0.4, -0.2) is 42.3 Å². The van der Waals surface area contributed by atoms with Gasteiger partial charge in [-0.25, -0.2) is 9.18 Å². The zero-order valence-electron chi connectivity index (χ0n) is 15.2. The van der Waals surface area contributed by atoms with Crippen molar-refractivity contribution in [2.24, 2.45) is 5.73 Å². The van der Waals surface area contributed by atoms with E-state index in [1.165, 1.54) is 0 Å². The molecule has 1 aromatic carbocycles. The fourth-order valence-electron chi connectivity index (χ4n) is 3.33. The van der Waals surface area contributed by atoms with Gasteiger partial charge in [0.05, 0.1) is 0 Å². The lowest BCUT2D eigenvalue weighted by Crippen LogP contribution is -2.45. The molecule has 1 saturated heterocycles. The molecule has 0 unspecified atom stereocenters. The summed E-state index contributed by atoms with van der Waals surface area (Å²) in [5.41, 5.74) is 5.55. The Kier molecular flexibility index (Phi) is 4.66. The Morgan fingerprint density at radius 2 is 2.04 bits per heavy atom. The van der Waals surface area contributed by atoms with Crippen LogP contribution >= 0.6 is 0 Å². The van der Waals surface area contributed by atoms with E-state index in [0.29, 0.717) is 25.3 Å². The Morgan fingerprint density at radius 1 is 1.36 bits per heavy atom. The molecule has 1 aromatic rings. The monoisotopic (exact) mass is 350 g/mol. The van der Waals surface area contributed by atoms with E-state index in [1.807, 2.05) is 32.9 Å². The quantitative estimate of drug-likeness (QED) is 0.845. The van der Waals surface area contributed by atoms with Gasteiger partial charge in [-0.2, -0.15) is 0 Å². The molecule has 5 nitrogen and oxygen atoms in total. The maximum absolute atomic E-state index is 15.5. The lowest BCUT2D eigenvalue weighted by atomic mass is 9.85. The highest BCUT2D eigenvalue weighted by atomic mass is 19.1. The molecule has 0 saturated carbocycles. The van der Waals surface area contributed by atoms with Crippen molar-refractivity contribution < 1.29 is 18.7 Å². The van der Waals surface area contributed by atoms with Crippen molar-refractivity contribution in [3.05, 3.63) is 29.3 Å². The molecule has 0 aliphatic carbocycles. The third kappa shape index (κ3) is 4.06. The molecule has 6 heteroatoms. The number of nitrogens with zero attached hydrogens (tertiary/aromatic N) is 1. The van der Waals surface area contributed by atoms with Crippen LogP contribution < -0.4 is 10.5 Å². The first-order valence-corrected chi connectivity index (χ1v) is 8.85. The Bertz CT molecular complexity index is 649. The number of amides is 1. The minimum absolute atomic E-state index is 0.00486. The number of hydrogen-bond donors (Lipinski definition) is 1. The third-order valence-electron chi connectivity index (χ3n) is 4.73. The second-order valence-electron chi connectivity index (χ2n) is 8.03. The van der Waals surface area contributed by atoms with Crippen LogP contribution in [0.3, 0.4) is 0 Å². The number of alkyl halides is 1. The van der Waals surface area contributed by atoms with Gasteiger partial charge in [-0.15, -0.1) is 0 Å². The molecule has 2 aliphatic heterocycles. The Hall–Kier alpha value is -1.82. The van der Waals surface area contributed by atoms with Crippen molar-refractivity contribution in [2.45, 2.75) is 57.3 Å². The SMILES string of the molecule is CC(C)(C)OC(=O)N1CCC(F)(c2ccc3c(c2)OC[C@H](N)C3)CC1. The first kappa shape index (κ1) is 18.0. The van der Waals surface area contributed by atoms with E-state index < -0.39 is 11.3 Å². The third-order valence-corrected chi connectivity index (χ3v) is 4.73. The van der Waals surface area contributed by atoms with E-state index in [1.54, 1.807) is 11.0 Å². The van der Waals surface area contributed by atoms with Crippen LogP contribution in [-0.2, 0) is 16.8 Å². The van der Waals surface area contributed by atoms with Crippen LogP contribution in [0, 0.1) is 0 Å². The van der Waals surface area contributed by atoms with Gasteiger partial charge in [0, 0.05) is 32.0 Å². The number of fused-ring (bicyclic) bond motifs is 1. The molecule has 1 fully saturated rings. The number of carbonyl (C=O) groups is 1. The topological polar surface area (TPSA) is 64.8 Å². The highest BCUT2D eigenvalue weighted by molar-refractivity contribution is 5.68. The van der Waals surface area contributed by atoms with Gasteiger partial charge < -0.3 is 20.1 Å². The number of benzene rings is 1. The van der Waals surface area contributed by atoms with Crippen LogP contribution in [0.1, 0.15) is 44.7 Å². The fraction of sp³-hybridized carbons (Fsp3) is 0.632. The first-order valence-electron chi connectivity index (χ1n) is 8.85. The maximum atomic E-state index is 15.5. The molecule has 1 amide bonds. The molecule has 0 aromatic heterocycles. The molecule has 0 spiro atoms. The zero-order chi connectivity index (χ0) is 18.2. The van der Waals surface area contributed by atoms with Crippen molar-refractivity contribution >= 4 is 6.09 Å². The summed E-state index contributed by atoms with van der Waals surface area (Å²) in [5.74, 6) is 0.728. The van der Waals surface area contributed by atoms with Crippen molar-refractivity contribution in [1.29, 1.82) is 0 Å². The number of carbonyl (C=O) groups excluding carboxylic acids is 1. The van der Waals surface area contributed by atoms with Crippen molar-refractivity contribution in [2.75, 3.05) is 19.7 Å². The summed E-state index contributed by atoms with van der Waals surface area (Å²) < 4.78 is 26.5. The molecule has 25 heavy (non-hydrogen) atoms. The van der Waals surface area contributed by atoms with Crippen molar-refractivity contribution in [3.63, 3.8) is 0 Å². The predicted octanol–water partition coefficient (Wildman–Crippen LogP) is 3.14.